The highest BCUT2D eigenvalue weighted by Gasteiger charge is 2.28. The van der Waals surface area contributed by atoms with Crippen LogP contribution in [-0.2, 0) is 9.47 Å². The summed E-state index contributed by atoms with van der Waals surface area (Å²) in [5.41, 5.74) is 0. The van der Waals surface area contributed by atoms with Crippen molar-refractivity contribution in [3.63, 3.8) is 0 Å². The zero-order valence-corrected chi connectivity index (χ0v) is 7.23. The van der Waals surface area contributed by atoms with E-state index in [0.29, 0.717) is 12.1 Å². The number of ether oxygens (including phenoxy) is 2. The Hall–Kier alpha value is 0.170. The van der Waals surface area contributed by atoms with Gasteiger partial charge in [0.25, 0.3) is 0 Å². The van der Waals surface area contributed by atoms with Gasteiger partial charge < -0.3 is 14.8 Å². The maximum absolute atomic E-state index is 5.54. The number of hydrogen-bond acceptors (Lipinski definition) is 3. The third-order valence-corrected chi connectivity index (χ3v) is 2.13. The Morgan fingerprint density at radius 3 is 3.00 bits per heavy atom. The van der Waals surface area contributed by atoms with Crippen LogP contribution in [0.2, 0.25) is 0 Å². The van der Waals surface area contributed by atoms with Crippen molar-refractivity contribution in [1.29, 1.82) is 0 Å². The van der Waals surface area contributed by atoms with E-state index in [0.717, 1.165) is 32.8 Å². The van der Waals surface area contributed by atoms with Gasteiger partial charge in [0, 0.05) is 13.2 Å². The molecule has 2 unspecified atom stereocenters. The Morgan fingerprint density at radius 1 is 1.27 bits per heavy atom. The summed E-state index contributed by atoms with van der Waals surface area (Å²) in [6, 6.07) is 0.461. The van der Waals surface area contributed by atoms with E-state index in [-0.39, 0.29) is 12.4 Å². The lowest BCUT2D eigenvalue weighted by molar-refractivity contribution is -0.0780. The molecule has 2 rings (SSSR count). The van der Waals surface area contributed by atoms with Crippen LogP contribution >= 0.6 is 12.4 Å². The molecule has 2 fully saturated rings. The molecule has 3 nitrogen and oxygen atoms in total. The first-order valence-electron chi connectivity index (χ1n) is 3.89. The standard InChI is InChI=1S/C7H13NO2.ClH/c1-3-9-5-6-7(1)10-4-2-8-6;/h6-8H,1-5H2;1H. The largest absolute Gasteiger partial charge is 0.380 e. The van der Waals surface area contributed by atoms with Crippen LogP contribution in [0.25, 0.3) is 0 Å². The van der Waals surface area contributed by atoms with E-state index in [1.807, 2.05) is 0 Å². The van der Waals surface area contributed by atoms with Gasteiger partial charge in [-0.1, -0.05) is 0 Å². The Balaban J connectivity index is 0.000000605. The van der Waals surface area contributed by atoms with Gasteiger partial charge in [0.05, 0.1) is 25.4 Å². The molecule has 2 saturated heterocycles. The molecule has 0 bridgehead atoms. The van der Waals surface area contributed by atoms with Gasteiger partial charge in [0.2, 0.25) is 0 Å². The summed E-state index contributed by atoms with van der Waals surface area (Å²) < 4.78 is 10.8. The minimum Gasteiger partial charge on any atom is -0.380 e. The van der Waals surface area contributed by atoms with Crippen LogP contribution in [0.15, 0.2) is 0 Å². The molecule has 2 heterocycles. The summed E-state index contributed by atoms with van der Waals surface area (Å²) >= 11 is 0. The molecule has 0 aromatic heterocycles. The van der Waals surface area contributed by atoms with E-state index >= 15 is 0 Å². The number of hydrogen-bond donors (Lipinski definition) is 1. The van der Waals surface area contributed by atoms with Crippen molar-refractivity contribution < 1.29 is 9.47 Å². The van der Waals surface area contributed by atoms with Crippen molar-refractivity contribution >= 4 is 12.4 Å². The van der Waals surface area contributed by atoms with Crippen molar-refractivity contribution in [2.75, 3.05) is 26.4 Å². The predicted molar refractivity (Wildman–Crippen MR) is 44.2 cm³/mol. The molecule has 0 radical (unpaired) electrons. The highest BCUT2D eigenvalue weighted by Crippen LogP contribution is 2.13. The minimum atomic E-state index is 0. The zero-order valence-electron chi connectivity index (χ0n) is 6.41. The second kappa shape index (κ2) is 4.26. The molecule has 0 spiro atoms. The third-order valence-electron chi connectivity index (χ3n) is 2.13. The molecule has 4 heteroatoms. The van der Waals surface area contributed by atoms with Gasteiger partial charge in [-0.15, -0.1) is 12.4 Å². The monoisotopic (exact) mass is 179 g/mol. The molecular formula is C7H14ClNO2. The van der Waals surface area contributed by atoms with Crippen molar-refractivity contribution in [3.8, 4) is 0 Å². The van der Waals surface area contributed by atoms with E-state index in [9.17, 15) is 0 Å². The van der Waals surface area contributed by atoms with Gasteiger partial charge in [-0.25, -0.2) is 0 Å². The SMILES string of the molecule is C1COC2CCOCC2N1.Cl. The number of fused-ring (bicyclic) bond motifs is 1. The van der Waals surface area contributed by atoms with Crippen molar-refractivity contribution in [2.45, 2.75) is 18.6 Å². The molecule has 1 N–H and O–H groups in total. The van der Waals surface area contributed by atoms with Crippen LogP contribution < -0.4 is 5.32 Å². The van der Waals surface area contributed by atoms with E-state index < -0.39 is 0 Å². The molecule has 2 aliphatic heterocycles. The van der Waals surface area contributed by atoms with Crippen molar-refractivity contribution in [2.24, 2.45) is 0 Å². The van der Waals surface area contributed by atoms with E-state index in [1.165, 1.54) is 0 Å². The van der Waals surface area contributed by atoms with Gasteiger partial charge in [-0.3, -0.25) is 0 Å². The predicted octanol–water partition coefficient (Wildman–Crippen LogP) is 0.185. The second-order valence-corrected chi connectivity index (χ2v) is 2.83. The summed E-state index contributed by atoms with van der Waals surface area (Å²) in [4.78, 5) is 0. The van der Waals surface area contributed by atoms with E-state index in [4.69, 9.17) is 9.47 Å². The van der Waals surface area contributed by atoms with Crippen LogP contribution in [0.1, 0.15) is 6.42 Å². The van der Waals surface area contributed by atoms with Crippen LogP contribution in [0.5, 0.6) is 0 Å². The maximum atomic E-state index is 5.54. The van der Waals surface area contributed by atoms with Gasteiger partial charge in [-0.2, -0.15) is 0 Å². The lowest BCUT2D eigenvalue weighted by Gasteiger charge is -2.35. The van der Waals surface area contributed by atoms with Crippen LogP contribution in [0.3, 0.4) is 0 Å². The average molecular weight is 180 g/mol. The van der Waals surface area contributed by atoms with Crippen molar-refractivity contribution in [1.82, 2.24) is 5.32 Å². The van der Waals surface area contributed by atoms with Crippen LogP contribution in [0, 0.1) is 0 Å². The first-order valence-corrected chi connectivity index (χ1v) is 3.89. The number of halogens is 1. The molecule has 66 valence electrons. The topological polar surface area (TPSA) is 30.5 Å². The maximum Gasteiger partial charge on any atom is 0.0773 e. The molecule has 0 saturated carbocycles. The summed E-state index contributed by atoms with van der Waals surface area (Å²) in [6.45, 7) is 3.53. The van der Waals surface area contributed by atoms with Crippen molar-refractivity contribution in [3.05, 3.63) is 0 Å². The summed E-state index contributed by atoms with van der Waals surface area (Å²) in [6.07, 6.45) is 1.47. The molecule has 0 amide bonds. The quantitative estimate of drug-likeness (QED) is 0.576. The summed E-state index contributed by atoms with van der Waals surface area (Å²) in [5.74, 6) is 0. The third kappa shape index (κ3) is 2.06. The molecule has 0 aliphatic carbocycles. The van der Waals surface area contributed by atoms with Gasteiger partial charge in [0.15, 0.2) is 0 Å². The van der Waals surface area contributed by atoms with Crippen LogP contribution in [0.4, 0.5) is 0 Å². The highest BCUT2D eigenvalue weighted by molar-refractivity contribution is 5.85. The van der Waals surface area contributed by atoms with Crippen LogP contribution in [-0.4, -0.2) is 38.5 Å². The fourth-order valence-electron chi connectivity index (χ4n) is 1.56. The van der Waals surface area contributed by atoms with Gasteiger partial charge >= 0.3 is 0 Å². The normalized spacial score (nSPS) is 37.1. The Bertz CT molecular complexity index is 97.0. The first kappa shape index (κ1) is 9.26. The fourth-order valence-corrected chi connectivity index (χ4v) is 1.56. The first-order chi connectivity index (χ1) is 4.97. The Labute approximate surface area is 72.8 Å². The highest BCUT2D eigenvalue weighted by atomic mass is 35.5. The molecule has 2 atom stereocenters. The molecular weight excluding hydrogens is 166 g/mol. The lowest BCUT2D eigenvalue weighted by Crippen LogP contribution is -2.53. The minimum absolute atomic E-state index is 0. The summed E-state index contributed by atoms with van der Waals surface area (Å²) in [7, 11) is 0. The van der Waals surface area contributed by atoms with E-state index in [1.54, 1.807) is 0 Å². The lowest BCUT2D eigenvalue weighted by atomic mass is 10.1. The second-order valence-electron chi connectivity index (χ2n) is 2.83. The van der Waals surface area contributed by atoms with E-state index in [2.05, 4.69) is 5.32 Å². The Kier molecular flexibility index (Phi) is 3.59. The summed E-state index contributed by atoms with van der Waals surface area (Å²) in [5, 5.41) is 3.37. The smallest absolute Gasteiger partial charge is 0.0773 e. The molecule has 11 heavy (non-hydrogen) atoms. The number of rotatable bonds is 0. The van der Waals surface area contributed by atoms with Gasteiger partial charge in [0.1, 0.15) is 0 Å². The average Bonchev–Trinajstić information content (AvgIpc) is 2.05. The zero-order chi connectivity index (χ0) is 6.81. The van der Waals surface area contributed by atoms with Gasteiger partial charge in [-0.05, 0) is 6.42 Å². The molecule has 2 aliphatic rings. The number of morpholine rings is 1. The molecule has 0 aromatic carbocycles. The Morgan fingerprint density at radius 2 is 2.18 bits per heavy atom. The fraction of sp³-hybridized carbons (Fsp3) is 1.00. The number of nitrogens with one attached hydrogen (secondary N) is 1. The molecule has 0 aromatic rings.